The van der Waals surface area contributed by atoms with Crippen LogP contribution in [0.25, 0.3) is 0 Å². The molecule has 0 bridgehead atoms. The molecule has 3 atom stereocenters. The highest BCUT2D eigenvalue weighted by Gasteiger charge is 2.41. The fraction of sp³-hybridized carbons (Fsp3) is 0.395. The van der Waals surface area contributed by atoms with Gasteiger partial charge in [-0.15, -0.1) is 0 Å². The Hall–Kier alpha value is -4.74. The number of nitrogens with one attached hydrogen (secondary N) is 4. The number of carbonyl (C=O) groups is 5. The van der Waals surface area contributed by atoms with Gasteiger partial charge in [-0.25, -0.2) is 18.0 Å². The number of aryl methyl sites for hydroxylation is 1. The molecule has 56 heavy (non-hydrogen) atoms. The van der Waals surface area contributed by atoms with Crippen molar-refractivity contribution in [1.82, 2.24) is 19.8 Å². The van der Waals surface area contributed by atoms with E-state index in [0.29, 0.717) is 29.8 Å². The molecule has 304 valence electrons. The number of sulfonamides is 1. The van der Waals surface area contributed by atoms with Crippen molar-refractivity contribution in [2.45, 2.75) is 75.9 Å². The number of benzene rings is 3. The monoisotopic (exact) mass is 834 g/mol. The average Bonchev–Trinajstić information content (AvgIpc) is 3.62. The number of hydrogen-bond donors (Lipinski definition) is 5. The third kappa shape index (κ3) is 12.4. The van der Waals surface area contributed by atoms with Gasteiger partial charge >= 0.3 is 12.0 Å². The van der Waals surface area contributed by atoms with Crippen LogP contribution in [0.5, 0.6) is 0 Å². The third-order valence-electron chi connectivity index (χ3n) is 9.11. The van der Waals surface area contributed by atoms with Gasteiger partial charge in [-0.05, 0) is 86.1 Å². The van der Waals surface area contributed by atoms with E-state index in [0.717, 1.165) is 9.87 Å². The van der Waals surface area contributed by atoms with Gasteiger partial charge in [-0.2, -0.15) is 4.31 Å². The first kappa shape index (κ1) is 45.6. The quantitative estimate of drug-likeness (QED) is 0.138. The first-order valence-corrected chi connectivity index (χ1v) is 19.9. The van der Waals surface area contributed by atoms with E-state index in [1.165, 1.54) is 30.1 Å². The van der Waals surface area contributed by atoms with E-state index in [1.807, 2.05) is 39.0 Å². The third-order valence-corrected chi connectivity index (χ3v) is 11.4. The zero-order valence-corrected chi connectivity index (χ0v) is 33.8. The van der Waals surface area contributed by atoms with Crippen LogP contribution in [-0.2, 0) is 35.6 Å². The summed E-state index contributed by atoms with van der Waals surface area (Å²) in [5.74, 6) is -2.94. The smallest absolute Gasteiger partial charge is 0.326 e. The molecular formula is C38H48Cl2N6O9S. The van der Waals surface area contributed by atoms with Crippen molar-refractivity contribution in [3.8, 4) is 0 Å². The van der Waals surface area contributed by atoms with Crippen LogP contribution in [0.1, 0.15) is 50.7 Å². The summed E-state index contributed by atoms with van der Waals surface area (Å²) in [6, 6.07) is 14.1. The molecule has 1 aliphatic heterocycles. The minimum Gasteiger partial charge on any atom is -0.480 e. The molecule has 0 aromatic heterocycles. The number of para-hydroxylation sites is 1. The second kappa shape index (κ2) is 20.4. The first-order valence-electron chi connectivity index (χ1n) is 17.7. The van der Waals surface area contributed by atoms with Crippen molar-refractivity contribution in [2.75, 3.05) is 30.8 Å². The molecule has 0 unspecified atom stereocenters. The number of anilines is 2. The fourth-order valence-corrected chi connectivity index (χ4v) is 8.53. The molecule has 1 fully saturated rings. The Labute approximate surface area is 336 Å². The number of carboxylic acids is 1. The summed E-state index contributed by atoms with van der Waals surface area (Å²) in [7, 11) is -2.66. The van der Waals surface area contributed by atoms with Crippen LogP contribution in [0.4, 0.5) is 16.2 Å². The molecular weight excluding hydrogens is 787 g/mol. The molecule has 7 N–H and O–H groups in total. The van der Waals surface area contributed by atoms with Crippen LogP contribution in [0.3, 0.4) is 0 Å². The van der Waals surface area contributed by atoms with Crippen LogP contribution < -0.4 is 21.3 Å². The number of urea groups is 1. The Morgan fingerprint density at radius 1 is 0.964 bits per heavy atom. The van der Waals surface area contributed by atoms with Gasteiger partial charge in [0.25, 0.3) is 0 Å². The number of aliphatic carboxylic acids is 1. The number of likely N-dealkylation sites (N-methyl/N-ethyl adjacent to an activating group) is 1. The summed E-state index contributed by atoms with van der Waals surface area (Å²) in [6.45, 7) is 5.59. The van der Waals surface area contributed by atoms with E-state index in [2.05, 4.69) is 21.3 Å². The second-order valence-electron chi connectivity index (χ2n) is 13.8. The normalized spacial score (nSPS) is 15.2. The SMILES string of the molecule is Cc1ccccc1NC(=O)Nc1ccc(CC(=O)N(C)[C@@H](CC(C)C)C(=O)NCC[C@H](NC(=O)[C@@H]2CCCN2S(=O)(=O)c2cc(Cl)cc(Cl)c2)C(=O)O)cc1.O. The Balaban J connectivity index is 0.00000841. The predicted molar refractivity (Wildman–Crippen MR) is 214 cm³/mol. The number of nitrogens with zero attached hydrogens (tertiary/aromatic N) is 2. The standard InChI is InChI=1S/C38H46Cl2N6O8S.H2O/c1-23(2)18-33(45(4)34(47)19-25-11-13-28(14-12-25)42-38(52)44-30-9-6-5-8-24(30)3)35(48)41-16-15-31(37(50)51)43-36(49)32-10-7-17-46(32)55(53,54)29-21-26(39)20-27(40)22-29;/h5-6,8-9,11-14,20-23,31-33H,7,10,15-19H2,1-4H3,(H,41,48)(H,43,49)(H,50,51)(H2,42,44,52);1H2/t31-,32-,33-;/m0./s1. The lowest BCUT2D eigenvalue weighted by Gasteiger charge is -2.29. The van der Waals surface area contributed by atoms with E-state index in [-0.39, 0.29) is 64.6 Å². The summed E-state index contributed by atoms with van der Waals surface area (Å²) >= 11 is 12.0. The maximum Gasteiger partial charge on any atom is 0.326 e. The number of rotatable bonds is 16. The van der Waals surface area contributed by atoms with Crippen LogP contribution >= 0.6 is 23.2 Å². The summed E-state index contributed by atoms with van der Waals surface area (Å²) in [4.78, 5) is 65.8. The van der Waals surface area contributed by atoms with E-state index >= 15 is 0 Å². The second-order valence-corrected chi connectivity index (χ2v) is 16.5. The summed E-state index contributed by atoms with van der Waals surface area (Å²) in [5.41, 5.74) is 2.79. The van der Waals surface area contributed by atoms with E-state index < -0.39 is 52.0 Å². The van der Waals surface area contributed by atoms with Crippen LogP contribution in [-0.4, -0.2) is 96.2 Å². The average molecular weight is 836 g/mol. The van der Waals surface area contributed by atoms with Crippen molar-refractivity contribution in [1.29, 1.82) is 0 Å². The molecule has 5 amide bonds. The highest BCUT2D eigenvalue weighted by Crippen LogP contribution is 2.30. The van der Waals surface area contributed by atoms with Gasteiger partial charge in [0.15, 0.2) is 0 Å². The molecule has 1 saturated heterocycles. The summed E-state index contributed by atoms with van der Waals surface area (Å²) < 4.78 is 27.8. The van der Waals surface area contributed by atoms with Crippen molar-refractivity contribution < 1.29 is 43.0 Å². The van der Waals surface area contributed by atoms with Gasteiger partial charge in [0.1, 0.15) is 18.1 Å². The zero-order valence-electron chi connectivity index (χ0n) is 31.5. The van der Waals surface area contributed by atoms with E-state index in [9.17, 15) is 37.5 Å². The molecule has 0 spiro atoms. The molecule has 3 aromatic rings. The van der Waals surface area contributed by atoms with Crippen LogP contribution in [0.2, 0.25) is 10.0 Å². The van der Waals surface area contributed by atoms with Crippen LogP contribution in [0, 0.1) is 12.8 Å². The number of carbonyl (C=O) groups excluding carboxylic acids is 4. The van der Waals surface area contributed by atoms with Gasteiger partial charge in [-0.1, -0.05) is 67.4 Å². The molecule has 0 radical (unpaired) electrons. The largest absolute Gasteiger partial charge is 0.480 e. The first-order chi connectivity index (χ1) is 26.0. The number of carboxylic acid groups (broad SMARTS) is 1. The molecule has 15 nitrogen and oxygen atoms in total. The van der Waals surface area contributed by atoms with E-state index in [1.54, 1.807) is 30.3 Å². The molecule has 0 aliphatic carbocycles. The topological polar surface area (TPSA) is 226 Å². The Morgan fingerprint density at radius 3 is 2.21 bits per heavy atom. The highest BCUT2D eigenvalue weighted by molar-refractivity contribution is 7.89. The van der Waals surface area contributed by atoms with Crippen molar-refractivity contribution in [3.63, 3.8) is 0 Å². The number of hydrogen-bond acceptors (Lipinski definition) is 7. The van der Waals surface area contributed by atoms with Gasteiger partial charge in [0.2, 0.25) is 27.7 Å². The van der Waals surface area contributed by atoms with Crippen LogP contribution in [0.15, 0.2) is 71.6 Å². The highest BCUT2D eigenvalue weighted by atomic mass is 35.5. The molecule has 1 heterocycles. The predicted octanol–water partition coefficient (Wildman–Crippen LogP) is 4.47. The van der Waals surface area contributed by atoms with Gasteiger partial charge in [0.05, 0.1) is 11.3 Å². The maximum atomic E-state index is 13.4. The summed E-state index contributed by atoms with van der Waals surface area (Å²) in [5, 5.41) is 20.8. The molecule has 4 rings (SSSR count). The Morgan fingerprint density at radius 2 is 1.61 bits per heavy atom. The minimum atomic E-state index is -4.19. The lowest BCUT2D eigenvalue weighted by atomic mass is 10.0. The fourth-order valence-electron chi connectivity index (χ4n) is 6.15. The van der Waals surface area contributed by atoms with Crippen molar-refractivity contribution >= 4 is 74.3 Å². The van der Waals surface area contributed by atoms with Gasteiger partial charge in [-0.3, -0.25) is 14.4 Å². The Bertz CT molecular complexity index is 1980. The number of halogens is 2. The van der Waals surface area contributed by atoms with Crippen molar-refractivity contribution in [2.24, 2.45) is 5.92 Å². The lowest BCUT2D eigenvalue weighted by molar-refractivity contribution is -0.142. The minimum absolute atomic E-state index is 0. The number of amides is 5. The maximum absolute atomic E-state index is 13.4. The zero-order chi connectivity index (χ0) is 40.4. The molecule has 0 saturated carbocycles. The molecule has 3 aromatic carbocycles. The van der Waals surface area contributed by atoms with Gasteiger partial charge < -0.3 is 36.7 Å². The Kier molecular flexibility index (Phi) is 16.7. The summed E-state index contributed by atoms with van der Waals surface area (Å²) in [6.07, 6.45) is 0.659. The molecule has 1 aliphatic rings. The molecule has 18 heteroatoms. The van der Waals surface area contributed by atoms with Crippen molar-refractivity contribution in [3.05, 3.63) is 87.9 Å². The van der Waals surface area contributed by atoms with Gasteiger partial charge in [0, 0.05) is 41.6 Å². The van der Waals surface area contributed by atoms with E-state index in [4.69, 9.17) is 23.2 Å². The lowest BCUT2D eigenvalue weighted by Crippen LogP contribution is -2.52.